The molecule has 1 aliphatic heterocycles. The maximum Gasteiger partial charge on any atom is 0.253 e. The molecule has 1 saturated heterocycles. The third-order valence-corrected chi connectivity index (χ3v) is 4.07. The monoisotopic (exact) mass is 299 g/mol. The zero-order chi connectivity index (χ0) is 15.4. The maximum atomic E-state index is 12.4. The summed E-state index contributed by atoms with van der Waals surface area (Å²) in [5, 5.41) is 3.51. The Balaban J connectivity index is 1.47. The number of carbonyl (C=O) groups excluding carboxylic acids is 1. The minimum Gasteiger partial charge on any atom is -0.465 e. The topological polar surface area (TPSA) is 58.4 Å². The third kappa shape index (κ3) is 3.54. The summed E-state index contributed by atoms with van der Waals surface area (Å²) in [4.78, 5) is 18.2. The Labute approximate surface area is 130 Å². The smallest absolute Gasteiger partial charge is 0.253 e. The highest BCUT2D eigenvalue weighted by Crippen LogP contribution is 2.15. The summed E-state index contributed by atoms with van der Waals surface area (Å²) >= 11 is 0. The van der Waals surface area contributed by atoms with Crippen molar-refractivity contribution >= 4 is 5.91 Å². The molecule has 1 aliphatic rings. The number of amides is 1. The van der Waals surface area contributed by atoms with E-state index in [0.717, 1.165) is 44.0 Å². The number of aromatic nitrogens is 1. The average molecular weight is 299 g/mol. The average Bonchev–Trinajstić information content (AvgIpc) is 2.99. The minimum absolute atomic E-state index is 0.0995. The Morgan fingerprint density at radius 3 is 2.64 bits per heavy atom. The summed E-state index contributed by atoms with van der Waals surface area (Å²) in [6.07, 6.45) is 5.26. The van der Waals surface area contributed by atoms with Gasteiger partial charge < -0.3 is 14.6 Å². The molecule has 22 heavy (non-hydrogen) atoms. The highest BCUT2D eigenvalue weighted by atomic mass is 16.3. The quantitative estimate of drug-likeness (QED) is 0.941. The van der Waals surface area contributed by atoms with Crippen LogP contribution in [-0.2, 0) is 6.54 Å². The van der Waals surface area contributed by atoms with Crippen LogP contribution in [0.1, 0.15) is 34.7 Å². The zero-order valence-electron chi connectivity index (χ0n) is 12.8. The Kier molecular flexibility index (Phi) is 4.53. The first-order chi connectivity index (χ1) is 10.7. The molecule has 116 valence electrons. The van der Waals surface area contributed by atoms with Crippen LogP contribution in [0.25, 0.3) is 0 Å². The van der Waals surface area contributed by atoms with E-state index in [-0.39, 0.29) is 5.91 Å². The summed E-state index contributed by atoms with van der Waals surface area (Å²) in [7, 11) is 0. The van der Waals surface area contributed by atoms with E-state index in [4.69, 9.17) is 4.42 Å². The van der Waals surface area contributed by atoms with Gasteiger partial charge in [0.05, 0.1) is 6.54 Å². The lowest BCUT2D eigenvalue weighted by atomic mass is 10.0. The van der Waals surface area contributed by atoms with Crippen LogP contribution >= 0.6 is 0 Å². The van der Waals surface area contributed by atoms with Gasteiger partial charge in [0.15, 0.2) is 0 Å². The van der Waals surface area contributed by atoms with Crippen LogP contribution in [-0.4, -0.2) is 34.9 Å². The molecule has 0 aromatic carbocycles. The summed E-state index contributed by atoms with van der Waals surface area (Å²) in [6.45, 7) is 4.27. The standard InChI is InChI=1S/C17H21N3O2/c1-13-2-3-16(22-13)12-19-15-6-10-20(11-7-15)17(21)14-4-8-18-9-5-14/h2-5,8-9,15,19H,6-7,10-12H2,1H3. The molecule has 2 aromatic heterocycles. The van der Waals surface area contributed by atoms with Crippen molar-refractivity contribution in [2.24, 2.45) is 0 Å². The van der Waals surface area contributed by atoms with Crippen molar-refractivity contribution in [3.8, 4) is 0 Å². The third-order valence-electron chi connectivity index (χ3n) is 4.07. The Morgan fingerprint density at radius 2 is 2.00 bits per heavy atom. The van der Waals surface area contributed by atoms with Crippen LogP contribution in [0, 0.1) is 6.92 Å². The van der Waals surface area contributed by atoms with Crippen LogP contribution in [0.15, 0.2) is 41.1 Å². The number of furan rings is 1. The van der Waals surface area contributed by atoms with Crippen molar-refractivity contribution < 1.29 is 9.21 Å². The number of pyridine rings is 1. The molecular weight excluding hydrogens is 278 g/mol. The summed E-state index contributed by atoms with van der Waals surface area (Å²) in [5.41, 5.74) is 0.715. The SMILES string of the molecule is Cc1ccc(CNC2CCN(C(=O)c3ccncc3)CC2)o1. The first-order valence-corrected chi connectivity index (χ1v) is 7.70. The predicted molar refractivity (Wildman–Crippen MR) is 83.4 cm³/mol. The largest absolute Gasteiger partial charge is 0.465 e. The van der Waals surface area contributed by atoms with Crippen LogP contribution in [0.4, 0.5) is 0 Å². The molecule has 0 bridgehead atoms. The van der Waals surface area contributed by atoms with Gasteiger partial charge in [0.1, 0.15) is 11.5 Å². The van der Waals surface area contributed by atoms with Crippen LogP contribution < -0.4 is 5.32 Å². The van der Waals surface area contributed by atoms with E-state index in [1.165, 1.54) is 0 Å². The molecule has 2 aromatic rings. The highest BCUT2D eigenvalue weighted by molar-refractivity contribution is 5.94. The van der Waals surface area contributed by atoms with Crippen molar-refractivity contribution in [1.82, 2.24) is 15.2 Å². The first-order valence-electron chi connectivity index (χ1n) is 7.70. The van der Waals surface area contributed by atoms with Gasteiger partial charge in [-0.2, -0.15) is 0 Å². The lowest BCUT2D eigenvalue weighted by Gasteiger charge is -2.32. The second kappa shape index (κ2) is 6.75. The molecule has 1 N–H and O–H groups in total. The number of rotatable bonds is 4. The minimum atomic E-state index is 0.0995. The molecule has 0 aliphatic carbocycles. The summed E-state index contributed by atoms with van der Waals surface area (Å²) in [5.74, 6) is 2.00. The molecule has 3 rings (SSSR count). The van der Waals surface area contributed by atoms with E-state index in [2.05, 4.69) is 10.3 Å². The summed E-state index contributed by atoms with van der Waals surface area (Å²) < 4.78 is 5.56. The van der Waals surface area contributed by atoms with Gasteiger partial charge in [0, 0.05) is 37.1 Å². The number of nitrogens with one attached hydrogen (secondary N) is 1. The van der Waals surface area contributed by atoms with Gasteiger partial charge in [-0.15, -0.1) is 0 Å². The Bertz CT molecular complexity index is 616. The number of carbonyl (C=O) groups is 1. The van der Waals surface area contributed by atoms with Gasteiger partial charge in [-0.1, -0.05) is 0 Å². The lowest BCUT2D eigenvalue weighted by molar-refractivity contribution is 0.0704. The molecule has 1 amide bonds. The predicted octanol–water partition coefficient (Wildman–Crippen LogP) is 2.38. The van der Waals surface area contributed by atoms with Crippen molar-refractivity contribution in [2.75, 3.05) is 13.1 Å². The van der Waals surface area contributed by atoms with E-state index in [9.17, 15) is 4.79 Å². The first kappa shape index (κ1) is 14.8. The molecule has 1 fully saturated rings. The molecule has 0 saturated carbocycles. The van der Waals surface area contributed by atoms with E-state index in [0.29, 0.717) is 11.6 Å². The van der Waals surface area contributed by atoms with Gasteiger partial charge >= 0.3 is 0 Å². The molecule has 5 nitrogen and oxygen atoms in total. The number of aryl methyl sites for hydroxylation is 1. The molecule has 0 atom stereocenters. The van der Waals surface area contributed by atoms with Crippen LogP contribution in [0.2, 0.25) is 0 Å². The molecule has 5 heteroatoms. The number of hydrogen-bond donors (Lipinski definition) is 1. The van der Waals surface area contributed by atoms with Crippen molar-refractivity contribution in [3.05, 3.63) is 53.7 Å². The van der Waals surface area contributed by atoms with Crippen molar-refractivity contribution in [2.45, 2.75) is 32.4 Å². The van der Waals surface area contributed by atoms with E-state index < -0.39 is 0 Å². The normalized spacial score (nSPS) is 16.0. The second-order valence-corrected chi connectivity index (χ2v) is 5.70. The molecule has 3 heterocycles. The molecule has 0 unspecified atom stereocenters. The number of piperidine rings is 1. The molecule has 0 radical (unpaired) electrons. The van der Waals surface area contributed by atoms with Gasteiger partial charge in [-0.3, -0.25) is 9.78 Å². The Morgan fingerprint density at radius 1 is 1.27 bits per heavy atom. The fourth-order valence-corrected chi connectivity index (χ4v) is 2.79. The van der Waals surface area contributed by atoms with Crippen molar-refractivity contribution in [1.29, 1.82) is 0 Å². The zero-order valence-corrected chi connectivity index (χ0v) is 12.8. The summed E-state index contributed by atoms with van der Waals surface area (Å²) in [6, 6.07) is 7.96. The number of nitrogens with zero attached hydrogens (tertiary/aromatic N) is 2. The van der Waals surface area contributed by atoms with Crippen LogP contribution in [0.5, 0.6) is 0 Å². The number of likely N-dealkylation sites (tertiary alicyclic amines) is 1. The van der Waals surface area contributed by atoms with E-state index >= 15 is 0 Å². The molecular formula is C17H21N3O2. The number of hydrogen-bond acceptors (Lipinski definition) is 4. The molecule has 0 spiro atoms. The van der Waals surface area contributed by atoms with Gasteiger partial charge in [-0.05, 0) is 44.0 Å². The van der Waals surface area contributed by atoms with Gasteiger partial charge in [0.2, 0.25) is 0 Å². The van der Waals surface area contributed by atoms with Gasteiger partial charge in [-0.25, -0.2) is 0 Å². The Hall–Kier alpha value is -2.14. The lowest BCUT2D eigenvalue weighted by Crippen LogP contribution is -2.44. The van der Waals surface area contributed by atoms with Crippen LogP contribution in [0.3, 0.4) is 0 Å². The van der Waals surface area contributed by atoms with E-state index in [1.807, 2.05) is 24.0 Å². The maximum absolute atomic E-state index is 12.4. The second-order valence-electron chi connectivity index (χ2n) is 5.70. The fraction of sp³-hybridized carbons (Fsp3) is 0.412. The highest BCUT2D eigenvalue weighted by Gasteiger charge is 2.23. The van der Waals surface area contributed by atoms with Gasteiger partial charge in [0.25, 0.3) is 5.91 Å². The van der Waals surface area contributed by atoms with Crippen molar-refractivity contribution in [3.63, 3.8) is 0 Å². The fourth-order valence-electron chi connectivity index (χ4n) is 2.79. The van der Waals surface area contributed by atoms with E-state index in [1.54, 1.807) is 24.5 Å².